The van der Waals surface area contributed by atoms with E-state index in [-0.39, 0.29) is 25.9 Å². The van der Waals surface area contributed by atoms with Crippen LogP contribution in [0.4, 0.5) is 5.69 Å². The van der Waals surface area contributed by atoms with Gasteiger partial charge in [0, 0.05) is 22.3 Å². The molecular formula is C28H27BrN4O6. The van der Waals surface area contributed by atoms with E-state index in [0.717, 1.165) is 32.4 Å². The van der Waals surface area contributed by atoms with Gasteiger partial charge in [0.1, 0.15) is 5.75 Å². The van der Waals surface area contributed by atoms with Gasteiger partial charge in [-0.05, 0) is 67.8 Å². The van der Waals surface area contributed by atoms with Gasteiger partial charge in [0.2, 0.25) is 6.79 Å². The molecular weight excluding hydrogens is 568 g/mol. The van der Waals surface area contributed by atoms with Crippen LogP contribution in [-0.4, -0.2) is 37.3 Å². The van der Waals surface area contributed by atoms with Crippen molar-refractivity contribution in [2.24, 2.45) is 5.10 Å². The van der Waals surface area contributed by atoms with Gasteiger partial charge in [0.25, 0.3) is 5.91 Å². The lowest BCUT2D eigenvalue weighted by Crippen LogP contribution is -2.37. The molecule has 1 aliphatic rings. The fourth-order valence-electron chi connectivity index (χ4n) is 3.97. The van der Waals surface area contributed by atoms with E-state index in [1.807, 2.05) is 32.9 Å². The van der Waals surface area contributed by atoms with Crippen LogP contribution in [0, 0.1) is 20.8 Å². The molecule has 3 aromatic rings. The van der Waals surface area contributed by atoms with Crippen LogP contribution in [0.15, 0.2) is 58.1 Å². The van der Waals surface area contributed by atoms with E-state index in [1.54, 1.807) is 36.4 Å². The standard InChI is InChI=1S/C28H27BrN4O6/c1-16-8-17(2)26(18(3)9-16)32-25(34)14-37-22-7-5-21(29)11-20(22)13-31-33-28(36)27(35)30-12-19-4-6-23-24(10-19)39-15-38-23/h4-11,13H,12,14-15H2,1-3H3,(H,30,35)(H,32,34)(H,33,36)/b31-13-. The van der Waals surface area contributed by atoms with Crippen LogP contribution in [-0.2, 0) is 20.9 Å². The molecule has 0 bridgehead atoms. The molecule has 1 aliphatic heterocycles. The molecule has 0 saturated carbocycles. The normalized spacial score (nSPS) is 11.8. The summed E-state index contributed by atoms with van der Waals surface area (Å²) in [6, 6.07) is 14.4. The van der Waals surface area contributed by atoms with Gasteiger partial charge in [-0.15, -0.1) is 0 Å². The lowest BCUT2D eigenvalue weighted by molar-refractivity contribution is -0.139. The van der Waals surface area contributed by atoms with Gasteiger partial charge in [-0.3, -0.25) is 14.4 Å². The zero-order valence-corrected chi connectivity index (χ0v) is 23.2. The first kappa shape index (κ1) is 27.6. The summed E-state index contributed by atoms with van der Waals surface area (Å²) in [5.74, 6) is -0.522. The molecule has 0 unspecified atom stereocenters. The van der Waals surface area contributed by atoms with Crippen molar-refractivity contribution < 1.29 is 28.6 Å². The third-order valence-corrected chi connectivity index (χ3v) is 6.23. The molecule has 3 aromatic carbocycles. The number of ether oxygens (including phenoxy) is 3. The quantitative estimate of drug-likeness (QED) is 0.206. The van der Waals surface area contributed by atoms with Crippen molar-refractivity contribution in [3.05, 3.63) is 80.8 Å². The minimum atomic E-state index is -0.937. The number of benzene rings is 3. The van der Waals surface area contributed by atoms with Gasteiger partial charge in [-0.1, -0.05) is 39.7 Å². The molecule has 39 heavy (non-hydrogen) atoms. The Hall–Kier alpha value is -4.38. The number of nitrogens with one attached hydrogen (secondary N) is 3. The van der Waals surface area contributed by atoms with Crippen LogP contribution in [0.3, 0.4) is 0 Å². The van der Waals surface area contributed by atoms with E-state index in [0.29, 0.717) is 22.8 Å². The van der Waals surface area contributed by atoms with Crippen LogP contribution in [0.1, 0.15) is 27.8 Å². The van der Waals surface area contributed by atoms with Gasteiger partial charge < -0.3 is 24.8 Å². The van der Waals surface area contributed by atoms with Crippen molar-refractivity contribution >= 4 is 45.6 Å². The summed E-state index contributed by atoms with van der Waals surface area (Å²) in [6.45, 7) is 5.92. The first-order chi connectivity index (χ1) is 18.7. The number of amides is 3. The van der Waals surface area contributed by atoms with Crippen LogP contribution in [0.2, 0.25) is 0 Å². The Bertz CT molecular complexity index is 1430. The Labute approximate surface area is 233 Å². The van der Waals surface area contributed by atoms with Crippen molar-refractivity contribution in [3.8, 4) is 17.2 Å². The number of carbonyl (C=O) groups excluding carboxylic acids is 3. The second-order valence-electron chi connectivity index (χ2n) is 8.86. The second-order valence-corrected chi connectivity index (χ2v) is 9.78. The van der Waals surface area contributed by atoms with Gasteiger partial charge in [0.15, 0.2) is 18.1 Å². The number of nitrogens with zero attached hydrogens (tertiary/aromatic N) is 1. The first-order valence-corrected chi connectivity index (χ1v) is 12.8. The molecule has 0 radical (unpaired) electrons. The molecule has 202 valence electrons. The fraction of sp³-hybridized carbons (Fsp3) is 0.214. The van der Waals surface area contributed by atoms with E-state index in [9.17, 15) is 14.4 Å². The molecule has 11 heteroatoms. The number of carbonyl (C=O) groups is 3. The number of hydrogen-bond acceptors (Lipinski definition) is 7. The summed E-state index contributed by atoms with van der Waals surface area (Å²) in [7, 11) is 0. The van der Waals surface area contributed by atoms with Crippen molar-refractivity contribution in [3.63, 3.8) is 0 Å². The Kier molecular flexibility index (Phi) is 8.82. The van der Waals surface area contributed by atoms with Crippen LogP contribution in [0.25, 0.3) is 0 Å². The molecule has 10 nitrogen and oxygen atoms in total. The highest BCUT2D eigenvalue weighted by Crippen LogP contribution is 2.32. The Morgan fingerprint density at radius 1 is 0.974 bits per heavy atom. The summed E-state index contributed by atoms with van der Waals surface area (Å²) in [6.07, 6.45) is 1.33. The van der Waals surface area contributed by atoms with Crippen LogP contribution >= 0.6 is 15.9 Å². The molecule has 3 N–H and O–H groups in total. The number of fused-ring (bicyclic) bond motifs is 1. The van der Waals surface area contributed by atoms with E-state index in [4.69, 9.17) is 14.2 Å². The zero-order chi connectivity index (χ0) is 27.9. The predicted octanol–water partition coefficient (Wildman–Crippen LogP) is 3.89. The third kappa shape index (κ3) is 7.35. The Morgan fingerprint density at radius 2 is 1.72 bits per heavy atom. The number of hydrogen-bond donors (Lipinski definition) is 3. The third-order valence-electron chi connectivity index (χ3n) is 5.74. The van der Waals surface area contributed by atoms with Crippen LogP contribution in [0.5, 0.6) is 17.2 Å². The highest BCUT2D eigenvalue weighted by Gasteiger charge is 2.16. The maximum Gasteiger partial charge on any atom is 0.329 e. The second kappa shape index (κ2) is 12.4. The van der Waals surface area contributed by atoms with Crippen molar-refractivity contribution in [2.75, 3.05) is 18.7 Å². The highest BCUT2D eigenvalue weighted by molar-refractivity contribution is 9.10. The van der Waals surface area contributed by atoms with Crippen LogP contribution < -0.4 is 30.3 Å². The molecule has 4 rings (SSSR count). The molecule has 0 aromatic heterocycles. The van der Waals surface area contributed by atoms with Crippen molar-refractivity contribution in [1.29, 1.82) is 0 Å². The number of halogens is 1. The SMILES string of the molecule is Cc1cc(C)c(NC(=O)COc2ccc(Br)cc2/C=N\NC(=O)C(=O)NCc2ccc3c(c2)OCO3)c(C)c1. The first-order valence-electron chi connectivity index (χ1n) is 12.0. The van der Waals surface area contributed by atoms with E-state index < -0.39 is 11.8 Å². The minimum absolute atomic E-state index is 0.125. The summed E-state index contributed by atoms with van der Waals surface area (Å²) in [4.78, 5) is 36.9. The maximum atomic E-state index is 12.6. The fourth-order valence-corrected chi connectivity index (χ4v) is 4.35. The van der Waals surface area contributed by atoms with Crippen molar-refractivity contribution in [2.45, 2.75) is 27.3 Å². The smallest absolute Gasteiger partial charge is 0.329 e. The zero-order valence-electron chi connectivity index (χ0n) is 21.6. The van der Waals surface area contributed by atoms with E-state index >= 15 is 0 Å². The van der Waals surface area contributed by atoms with Gasteiger partial charge in [0.05, 0.1) is 6.21 Å². The summed E-state index contributed by atoms with van der Waals surface area (Å²) in [5.41, 5.74) is 7.23. The van der Waals surface area contributed by atoms with Gasteiger partial charge in [-0.2, -0.15) is 5.10 Å². The molecule has 1 heterocycles. The number of anilines is 1. The minimum Gasteiger partial charge on any atom is -0.483 e. The van der Waals surface area contributed by atoms with E-state index in [1.165, 1.54) is 6.21 Å². The number of aryl methyl sites for hydroxylation is 3. The lowest BCUT2D eigenvalue weighted by atomic mass is 10.1. The topological polar surface area (TPSA) is 127 Å². The Balaban J connectivity index is 1.30. The van der Waals surface area contributed by atoms with Crippen molar-refractivity contribution in [1.82, 2.24) is 10.7 Å². The Morgan fingerprint density at radius 3 is 2.49 bits per heavy atom. The summed E-state index contributed by atoms with van der Waals surface area (Å²) >= 11 is 3.38. The summed E-state index contributed by atoms with van der Waals surface area (Å²) in [5, 5.41) is 9.29. The predicted molar refractivity (Wildman–Crippen MR) is 149 cm³/mol. The number of rotatable bonds is 8. The lowest BCUT2D eigenvalue weighted by Gasteiger charge is -2.14. The van der Waals surface area contributed by atoms with Gasteiger partial charge >= 0.3 is 11.8 Å². The average molecular weight is 595 g/mol. The van der Waals surface area contributed by atoms with Gasteiger partial charge in [-0.25, -0.2) is 5.43 Å². The molecule has 0 spiro atoms. The number of hydrazone groups is 1. The summed E-state index contributed by atoms with van der Waals surface area (Å²) < 4.78 is 17.0. The molecule has 0 saturated heterocycles. The largest absolute Gasteiger partial charge is 0.483 e. The van der Waals surface area contributed by atoms with E-state index in [2.05, 4.69) is 37.1 Å². The monoisotopic (exact) mass is 594 g/mol. The highest BCUT2D eigenvalue weighted by atomic mass is 79.9. The molecule has 0 fully saturated rings. The molecule has 0 aliphatic carbocycles. The molecule has 3 amide bonds. The molecule has 0 atom stereocenters. The average Bonchev–Trinajstić information content (AvgIpc) is 3.37. The maximum absolute atomic E-state index is 12.6.